The molecule has 2 aromatic heterocycles. The van der Waals surface area contributed by atoms with Crippen LogP contribution in [0, 0.1) is 6.92 Å². The predicted octanol–water partition coefficient (Wildman–Crippen LogP) is 4.87. The molecule has 0 aliphatic heterocycles. The largest absolute Gasteiger partial charge is 0.377 e. The minimum atomic E-state index is 0.451. The zero-order valence-electron chi connectivity index (χ0n) is 8.92. The second-order valence-corrected chi connectivity index (χ2v) is 6.64. The van der Waals surface area contributed by atoms with Crippen LogP contribution in [0.1, 0.15) is 28.5 Å². The van der Waals surface area contributed by atoms with E-state index in [1.54, 1.807) is 22.7 Å². The smallest absolute Gasteiger partial charge is 0.0934 e. The third kappa shape index (κ3) is 1.77. The predicted molar refractivity (Wildman–Crippen MR) is 73.1 cm³/mol. The summed E-state index contributed by atoms with van der Waals surface area (Å²) in [6.07, 6.45) is 2.35. The van der Waals surface area contributed by atoms with Gasteiger partial charge in [-0.3, -0.25) is 0 Å². The summed E-state index contributed by atoms with van der Waals surface area (Å²) in [5.41, 5.74) is 4.01. The van der Waals surface area contributed by atoms with Gasteiger partial charge in [-0.15, -0.1) is 22.7 Å². The van der Waals surface area contributed by atoms with Crippen LogP contribution in [0.5, 0.6) is 0 Å². The summed E-state index contributed by atoms with van der Waals surface area (Å²) in [7, 11) is 0. The van der Waals surface area contributed by atoms with Crippen molar-refractivity contribution in [2.45, 2.75) is 25.8 Å². The average molecular weight is 270 g/mol. The van der Waals surface area contributed by atoms with Gasteiger partial charge in [0, 0.05) is 15.9 Å². The number of fused-ring (bicyclic) bond motifs is 1. The van der Waals surface area contributed by atoms with Crippen molar-refractivity contribution >= 4 is 40.0 Å². The van der Waals surface area contributed by atoms with E-state index in [2.05, 4.69) is 29.1 Å². The van der Waals surface area contributed by atoms with Gasteiger partial charge in [-0.25, -0.2) is 0 Å². The van der Waals surface area contributed by atoms with Gasteiger partial charge in [0.15, 0.2) is 0 Å². The second kappa shape index (κ2) is 4.06. The molecule has 0 saturated carbocycles. The van der Waals surface area contributed by atoms with Crippen LogP contribution >= 0.6 is 34.3 Å². The fraction of sp³-hybridized carbons (Fsp3) is 0.333. The van der Waals surface area contributed by atoms with Crippen molar-refractivity contribution in [1.29, 1.82) is 0 Å². The summed E-state index contributed by atoms with van der Waals surface area (Å²) in [5, 5.41) is 7.98. The Bertz CT molecular complexity index is 515. The van der Waals surface area contributed by atoms with Gasteiger partial charge >= 0.3 is 0 Å². The Morgan fingerprint density at radius 1 is 1.44 bits per heavy atom. The number of rotatable bonds is 2. The molecule has 1 atom stereocenters. The Morgan fingerprint density at radius 3 is 3.06 bits per heavy atom. The zero-order valence-corrected chi connectivity index (χ0v) is 11.3. The van der Waals surface area contributed by atoms with Crippen molar-refractivity contribution in [1.82, 2.24) is 0 Å². The summed E-state index contributed by atoms with van der Waals surface area (Å²) >= 11 is 9.53. The topological polar surface area (TPSA) is 12.0 Å². The molecule has 0 fully saturated rings. The molecule has 0 amide bonds. The van der Waals surface area contributed by atoms with Crippen LogP contribution in [0.4, 0.5) is 5.69 Å². The van der Waals surface area contributed by atoms with Gasteiger partial charge in [0.2, 0.25) is 0 Å². The molecule has 1 nitrogen and oxygen atoms in total. The molecular weight excluding hydrogens is 258 g/mol. The Morgan fingerprint density at radius 2 is 2.31 bits per heavy atom. The van der Waals surface area contributed by atoms with Crippen molar-refractivity contribution in [2.24, 2.45) is 0 Å². The molecule has 16 heavy (non-hydrogen) atoms. The molecule has 3 rings (SSSR count). The fourth-order valence-corrected chi connectivity index (χ4v) is 4.32. The van der Waals surface area contributed by atoms with E-state index < -0.39 is 0 Å². The van der Waals surface area contributed by atoms with Gasteiger partial charge in [0.05, 0.1) is 10.4 Å². The zero-order chi connectivity index (χ0) is 11.1. The minimum Gasteiger partial charge on any atom is -0.377 e. The van der Waals surface area contributed by atoms with E-state index in [1.807, 2.05) is 0 Å². The highest BCUT2D eigenvalue weighted by Crippen LogP contribution is 2.41. The second-order valence-electron chi connectivity index (χ2n) is 4.13. The maximum Gasteiger partial charge on any atom is 0.0934 e. The van der Waals surface area contributed by atoms with Gasteiger partial charge in [-0.1, -0.05) is 11.6 Å². The first-order valence-electron chi connectivity index (χ1n) is 5.31. The first kappa shape index (κ1) is 10.6. The van der Waals surface area contributed by atoms with E-state index in [1.165, 1.54) is 28.1 Å². The lowest BCUT2D eigenvalue weighted by atomic mass is 10.1. The fourth-order valence-electron chi connectivity index (χ4n) is 2.18. The molecule has 0 spiro atoms. The average Bonchev–Trinajstić information content (AvgIpc) is 2.87. The molecule has 0 saturated heterocycles. The number of hydrogen-bond acceptors (Lipinski definition) is 3. The molecule has 1 aliphatic rings. The summed E-state index contributed by atoms with van der Waals surface area (Å²) in [6.45, 7) is 2.15. The molecule has 1 N–H and O–H groups in total. The SMILES string of the molecule is Cc1cscc1NC1CCc2sc(Cl)cc21. The van der Waals surface area contributed by atoms with Crippen LogP contribution in [0.15, 0.2) is 16.8 Å². The van der Waals surface area contributed by atoms with Crippen LogP contribution in [-0.2, 0) is 6.42 Å². The first-order chi connectivity index (χ1) is 7.74. The Labute approximate surface area is 108 Å². The Hall–Kier alpha value is -0.510. The van der Waals surface area contributed by atoms with Gasteiger partial charge in [0.1, 0.15) is 0 Å². The summed E-state index contributed by atoms with van der Waals surface area (Å²) in [4.78, 5) is 1.45. The Kier molecular flexibility index (Phi) is 2.70. The molecule has 1 unspecified atom stereocenters. The molecule has 84 valence electrons. The lowest BCUT2D eigenvalue weighted by Crippen LogP contribution is -2.06. The van der Waals surface area contributed by atoms with Crippen LogP contribution in [0.25, 0.3) is 0 Å². The minimum absolute atomic E-state index is 0.451. The third-order valence-electron chi connectivity index (χ3n) is 3.03. The number of nitrogens with one attached hydrogen (secondary N) is 1. The van der Waals surface area contributed by atoms with Crippen molar-refractivity contribution in [2.75, 3.05) is 5.32 Å². The van der Waals surface area contributed by atoms with E-state index in [4.69, 9.17) is 11.6 Å². The van der Waals surface area contributed by atoms with Crippen LogP contribution in [0.2, 0.25) is 4.34 Å². The van der Waals surface area contributed by atoms with Crippen LogP contribution in [0.3, 0.4) is 0 Å². The maximum atomic E-state index is 6.05. The molecule has 0 bridgehead atoms. The van der Waals surface area contributed by atoms with Crippen molar-refractivity contribution in [3.05, 3.63) is 37.2 Å². The summed E-state index contributed by atoms with van der Waals surface area (Å²) in [5.74, 6) is 0. The standard InChI is InChI=1S/C12H12ClNS2/c1-7-5-15-6-10(7)14-9-2-3-11-8(9)4-12(13)16-11/h4-6,9,14H,2-3H2,1H3. The van der Waals surface area contributed by atoms with E-state index in [0.717, 1.165) is 10.8 Å². The van der Waals surface area contributed by atoms with Crippen LogP contribution in [-0.4, -0.2) is 0 Å². The van der Waals surface area contributed by atoms with E-state index >= 15 is 0 Å². The maximum absolute atomic E-state index is 6.05. The van der Waals surface area contributed by atoms with Crippen molar-refractivity contribution in [3.63, 3.8) is 0 Å². The van der Waals surface area contributed by atoms with E-state index in [-0.39, 0.29) is 0 Å². The number of anilines is 1. The molecule has 1 aliphatic carbocycles. The molecule has 0 aromatic carbocycles. The number of halogens is 1. The van der Waals surface area contributed by atoms with Gasteiger partial charge in [-0.05, 0) is 42.3 Å². The van der Waals surface area contributed by atoms with E-state index in [9.17, 15) is 0 Å². The van der Waals surface area contributed by atoms with Gasteiger partial charge in [0.25, 0.3) is 0 Å². The quantitative estimate of drug-likeness (QED) is 0.820. The Balaban J connectivity index is 1.85. The van der Waals surface area contributed by atoms with Crippen molar-refractivity contribution < 1.29 is 0 Å². The van der Waals surface area contributed by atoms with Gasteiger partial charge < -0.3 is 5.32 Å². The third-order valence-corrected chi connectivity index (χ3v) is 5.23. The normalized spacial score (nSPS) is 18.8. The molecule has 2 heterocycles. The lowest BCUT2D eigenvalue weighted by Gasteiger charge is -2.13. The summed E-state index contributed by atoms with van der Waals surface area (Å²) in [6, 6.07) is 2.57. The van der Waals surface area contributed by atoms with Crippen molar-refractivity contribution in [3.8, 4) is 0 Å². The highest BCUT2D eigenvalue weighted by atomic mass is 35.5. The number of thiophene rings is 2. The monoisotopic (exact) mass is 269 g/mol. The summed E-state index contributed by atoms with van der Waals surface area (Å²) < 4.78 is 0.915. The highest BCUT2D eigenvalue weighted by Gasteiger charge is 2.25. The molecule has 2 aromatic rings. The lowest BCUT2D eigenvalue weighted by molar-refractivity contribution is 0.762. The number of hydrogen-bond donors (Lipinski definition) is 1. The molecular formula is C12H12ClNS2. The number of aryl methyl sites for hydroxylation is 2. The molecule has 4 heteroatoms. The first-order valence-corrected chi connectivity index (χ1v) is 7.45. The van der Waals surface area contributed by atoms with Gasteiger partial charge in [-0.2, -0.15) is 0 Å². The highest BCUT2D eigenvalue weighted by molar-refractivity contribution is 7.16. The van der Waals surface area contributed by atoms with Crippen LogP contribution < -0.4 is 5.32 Å². The van der Waals surface area contributed by atoms with E-state index in [0.29, 0.717) is 6.04 Å². The molecule has 0 radical (unpaired) electrons.